The van der Waals surface area contributed by atoms with Crippen molar-refractivity contribution in [3.8, 4) is 0 Å². The average molecular weight is 174 g/mol. The molecule has 0 aromatic carbocycles. The van der Waals surface area contributed by atoms with Gasteiger partial charge in [-0.15, -0.1) is 0 Å². The smallest absolute Gasteiger partial charge is 0.368 e. The summed E-state index contributed by atoms with van der Waals surface area (Å²) in [5.74, 6) is -2.80. The van der Waals surface area contributed by atoms with Crippen LogP contribution < -0.4 is 0 Å². The number of hydrogen-bond acceptors (Lipinski definition) is 3. The minimum absolute atomic E-state index is 0.820. The van der Waals surface area contributed by atoms with Gasteiger partial charge in [0.15, 0.2) is 0 Å². The number of rotatable bonds is 4. The number of allylic oxidation sites excluding steroid dienone is 1. The number of carboxylic acid groups (broad SMARTS) is 1. The third-order valence-corrected chi connectivity index (χ3v) is 1.38. The van der Waals surface area contributed by atoms with Crippen LogP contribution in [0, 0.1) is 0 Å². The minimum Gasteiger partial charge on any atom is -0.477 e. The monoisotopic (exact) mass is 174 g/mol. The fourth-order valence-corrected chi connectivity index (χ4v) is 0.818. The molecule has 0 spiro atoms. The fourth-order valence-electron chi connectivity index (χ4n) is 0.818. The van der Waals surface area contributed by atoms with Crippen molar-refractivity contribution >= 4 is 5.97 Å². The Hall–Kier alpha value is -0.870. The van der Waals surface area contributed by atoms with E-state index in [9.17, 15) is 4.79 Å². The lowest BCUT2D eigenvalue weighted by Gasteiger charge is -2.22. The summed E-state index contributed by atoms with van der Waals surface area (Å²) in [5.41, 5.74) is 0.820. The summed E-state index contributed by atoms with van der Waals surface area (Å²) in [6, 6.07) is 0. The largest absolute Gasteiger partial charge is 0.477 e. The van der Waals surface area contributed by atoms with Crippen LogP contribution in [0.5, 0.6) is 0 Å². The van der Waals surface area contributed by atoms with Crippen LogP contribution in [0.2, 0.25) is 0 Å². The molecule has 0 bridgehead atoms. The van der Waals surface area contributed by atoms with Gasteiger partial charge in [0.25, 0.3) is 5.79 Å². The molecule has 0 amide bonds. The van der Waals surface area contributed by atoms with Gasteiger partial charge >= 0.3 is 5.97 Å². The van der Waals surface area contributed by atoms with Gasteiger partial charge in [0.05, 0.1) is 0 Å². The van der Waals surface area contributed by atoms with Crippen LogP contribution in [0.4, 0.5) is 0 Å². The fraction of sp³-hybridized carbons (Fsp3) is 0.625. The van der Waals surface area contributed by atoms with Crippen LogP contribution in [0.3, 0.4) is 0 Å². The number of hydrogen-bond donors (Lipinski definition) is 1. The second kappa shape index (κ2) is 4.23. The first-order chi connectivity index (χ1) is 5.48. The van der Waals surface area contributed by atoms with Gasteiger partial charge in [0, 0.05) is 14.2 Å². The topological polar surface area (TPSA) is 55.8 Å². The summed E-state index contributed by atoms with van der Waals surface area (Å²) in [5, 5.41) is 8.78. The molecule has 0 aliphatic carbocycles. The first-order valence-electron chi connectivity index (χ1n) is 3.48. The van der Waals surface area contributed by atoms with Crippen molar-refractivity contribution in [2.24, 2.45) is 0 Å². The first kappa shape index (κ1) is 11.1. The Bertz CT molecular complexity index is 187. The molecule has 0 heterocycles. The molecule has 0 unspecified atom stereocenters. The molecule has 0 fully saturated rings. The third kappa shape index (κ3) is 2.32. The molecule has 0 aromatic rings. The highest BCUT2D eigenvalue weighted by Gasteiger charge is 2.36. The lowest BCUT2D eigenvalue weighted by atomic mass is 10.2. The zero-order valence-corrected chi connectivity index (χ0v) is 7.75. The van der Waals surface area contributed by atoms with E-state index in [1.807, 2.05) is 0 Å². The normalized spacial score (nSPS) is 11.0. The second-order valence-corrected chi connectivity index (χ2v) is 2.60. The molecule has 12 heavy (non-hydrogen) atoms. The summed E-state index contributed by atoms with van der Waals surface area (Å²) < 4.78 is 9.52. The molecule has 1 N–H and O–H groups in total. The van der Waals surface area contributed by atoms with Crippen molar-refractivity contribution < 1.29 is 19.4 Å². The van der Waals surface area contributed by atoms with Crippen LogP contribution in [0.25, 0.3) is 0 Å². The highest BCUT2D eigenvalue weighted by atomic mass is 16.7. The van der Waals surface area contributed by atoms with Gasteiger partial charge in [-0.25, -0.2) is 4.79 Å². The SMILES string of the molecule is COC(C=C(C)C)(OC)C(=O)O. The van der Waals surface area contributed by atoms with Crippen LogP contribution in [0.1, 0.15) is 13.8 Å². The van der Waals surface area contributed by atoms with Gasteiger partial charge in [0.2, 0.25) is 0 Å². The average Bonchev–Trinajstić information content (AvgIpc) is 1.99. The van der Waals surface area contributed by atoms with Gasteiger partial charge in [-0.1, -0.05) is 5.57 Å². The van der Waals surface area contributed by atoms with Gasteiger partial charge < -0.3 is 14.6 Å². The van der Waals surface area contributed by atoms with Crippen molar-refractivity contribution in [1.82, 2.24) is 0 Å². The third-order valence-electron chi connectivity index (χ3n) is 1.38. The van der Waals surface area contributed by atoms with Gasteiger partial charge in [0.1, 0.15) is 0 Å². The number of methoxy groups -OCH3 is 2. The number of carboxylic acids is 1. The molecular weight excluding hydrogens is 160 g/mol. The molecule has 4 heteroatoms. The van der Waals surface area contributed by atoms with Crippen molar-refractivity contribution in [2.45, 2.75) is 19.6 Å². The van der Waals surface area contributed by atoms with Gasteiger partial charge in [-0.3, -0.25) is 0 Å². The molecule has 0 saturated carbocycles. The molecule has 70 valence electrons. The van der Waals surface area contributed by atoms with Crippen LogP contribution in [-0.2, 0) is 14.3 Å². The van der Waals surface area contributed by atoms with E-state index in [0.29, 0.717) is 0 Å². The van der Waals surface area contributed by atoms with Crippen LogP contribution in [0.15, 0.2) is 11.6 Å². The minimum atomic E-state index is -1.64. The Morgan fingerprint density at radius 1 is 1.33 bits per heavy atom. The lowest BCUT2D eigenvalue weighted by Crippen LogP contribution is -2.40. The molecule has 0 aliphatic heterocycles. The van der Waals surface area contributed by atoms with Crippen LogP contribution in [-0.4, -0.2) is 31.1 Å². The number of carbonyl (C=O) groups is 1. The Labute approximate surface area is 71.8 Å². The molecule has 0 saturated heterocycles. The summed E-state index contributed by atoms with van der Waals surface area (Å²) in [6.45, 7) is 3.55. The van der Waals surface area contributed by atoms with E-state index in [-0.39, 0.29) is 0 Å². The predicted molar refractivity (Wildman–Crippen MR) is 43.8 cm³/mol. The maximum Gasteiger partial charge on any atom is 0.368 e. The summed E-state index contributed by atoms with van der Waals surface area (Å²) in [7, 11) is 2.58. The van der Waals surface area contributed by atoms with E-state index < -0.39 is 11.8 Å². The molecule has 0 radical (unpaired) electrons. The molecule has 0 aliphatic rings. The van der Waals surface area contributed by atoms with E-state index in [0.717, 1.165) is 5.57 Å². The maximum absolute atomic E-state index is 10.7. The van der Waals surface area contributed by atoms with E-state index in [2.05, 4.69) is 0 Å². The predicted octanol–water partition coefficient (Wildman–Crippen LogP) is 1.03. The quantitative estimate of drug-likeness (QED) is 0.510. The number of aliphatic carboxylic acids is 1. The highest BCUT2D eigenvalue weighted by Crippen LogP contribution is 2.15. The Morgan fingerprint density at radius 2 is 1.75 bits per heavy atom. The van der Waals surface area contributed by atoms with E-state index >= 15 is 0 Å². The molecular formula is C8H14O4. The van der Waals surface area contributed by atoms with Crippen LogP contribution >= 0.6 is 0 Å². The molecule has 4 nitrogen and oxygen atoms in total. The molecule has 0 rings (SSSR count). The van der Waals surface area contributed by atoms with Gasteiger partial charge in [-0.05, 0) is 19.9 Å². The lowest BCUT2D eigenvalue weighted by molar-refractivity contribution is -0.205. The van der Waals surface area contributed by atoms with Crippen molar-refractivity contribution in [3.05, 3.63) is 11.6 Å². The zero-order chi connectivity index (χ0) is 9.78. The van der Waals surface area contributed by atoms with Crippen molar-refractivity contribution in [2.75, 3.05) is 14.2 Å². The Morgan fingerprint density at radius 3 is 1.83 bits per heavy atom. The van der Waals surface area contributed by atoms with Crippen molar-refractivity contribution in [3.63, 3.8) is 0 Å². The first-order valence-corrected chi connectivity index (χ1v) is 3.48. The zero-order valence-electron chi connectivity index (χ0n) is 7.75. The second-order valence-electron chi connectivity index (χ2n) is 2.60. The standard InChI is InChI=1S/C8H14O4/c1-6(2)5-8(11-3,12-4)7(9)10/h5H,1-4H3,(H,9,10). The van der Waals surface area contributed by atoms with E-state index in [1.165, 1.54) is 20.3 Å². The molecule has 0 atom stereocenters. The Kier molecular flexibility index (Phi) is 3.92. The highest BCUT2D eigenvalue weighted by molar-refractivity contribution is 5.78. The molecule has 0 aromatic heterocycles. The Balaban J connectivity index is 4.83. The van der Waals surface area contributed by atoms with Crippen molar-refractivity contribution in [1.29, 1.82) is 0 Å². The maximum atomic E-state index is 10.7. The van der Waals surface area contributed by atoms with E-state index in [4.69, 9.17) is 14.6 Å². The summed E-state index contributed by atoms with van der Waals surface area (Å²) >= 11 is 0. The summed E-state index contributed by atoms with van der Waals surface area (Å²) in [6.07, 6.45) is 1.41. The number of ether oxygens (including phenoxy) is 2. The van der Waals surface area contributed by atoms with E-state index in [1.54, 1.807) is 13.8 Å². The summed E-state index contributed by atoms with van der Waals surface area (Å²) in [4.78, 5) is 10.7. The van der Waals surface area contributed by atoms with Gasteiger partial charge in [-0.2, -0.15) is 0 Å².